The van der Waals surface area contributed by atoms with Gasteiger partial charge in [-0.25, -0.2) is 4.79 Å². The molecule has 1 aliphatic heterocycles. The Morgan fingerprint density at radius 2 is 2.03 bits per heavy atom. The summed E-state index contributed by atoms with van der Waals surface area (Å²) < 4.78 is 22.5. The zero-order valence-electron chi connectivity index (χ0n) is 17.9. The molecule has 0 amide bonds. The number of furan rings is 1. The summed E-state index contributed by atoms with van der Waals surface area (Å²) >= 11 is 0. The number of aromatic carboxylic acids is 1. The zero-order chi connectivity index (χ0) is 22.6. The Hall–Kier alpha value is -3.13. The number of hydrogen-bond acceptors (Lipinski definition) is 6. The van der Waals surface area contributed by atoms with Crippen molar-refractivity contribution in [3.8, 4) is 17.1 Å². The predicted octanol–water partition coefficient (Wildman–Crippen LogP) is 4.42. The summed E-state index contributed by atoms with van der Waals surface area (Å²) in [4.78, 5) is 11.8. The van der Waals surface area contributed by atoms with E-state index < -0.39 is 12.6 Å². The van der Waals surface area contributed by atoms with Crippen molar-refractivity contribution in [2.45, 2.75) is 25.0 Å². The van der Waals surface area contributed by atoms with Gasteiger partial charge in [-0.15, -0.1) is 0 Å². The third kappa shape index (κ3) is 4.41. The molecule has 32 heavy (non-hydrogen) atoms. The maximum Gasteiger partial charge on any atom is 0.336 e. The number of rotatable bonds is 8. The molecule has 1 aliphatic rings. The molecule has 7 nitrogen and oxygen atoms in total. The highest BCUT2D eigenvalue weighted by molar-refractivity contribution is 6.04. The third-order valence-electron chi connectivity index (χ3n) is 5.89. The first-order chi connectivity index (χ1) is 15.6. The van der Waals surface area contributed by atoms with Crippen LogP contribution in [0.1, 0.15) is 28.8 Å². The molecule has 3 aromatic rings. The summed E-state index contributed by atoms with van der Waals surface area (Å²) in [7, 11) is 1.71. The second kappa shape index (κ2) is 9.56. The van der Waals surface area contributed by atoms with E-state index in [1.807, 2.05) is 24.3 Å². The van der Waals surface area contributed by atoms with Crippen LogP contribution in [0.15, 0.2) is 59.2 Å². The summed E-state index contributed by atoms with van der Waals surface area (Å²) in [5, 5.41) is 21.0. The van der Waals surface area contributed by atoms with Crippen molar-refractivity contribution in [3.05, 3.63) is 65.9 Å². The number of ether oxygens (including phenoxy) is 3. The van der Waals surface area contributed by atoms with Crippen LogP contribution in [0, 0.1) is 0 Å². The molecule has 0 saturated carbocycles. The number of benzene rings is 2. The van der Waals surface area contributed by atoms with E-state index in [4.69, 9.17) is 18.6 Å². The van der Waals surface area contributed by atoms with Crippen molar-refractivity contribution < 1.29 is 33.6 Å². The van der Waals surface area contributed by atoms with Crippen molar-refractivity contribution in [3.63, 3.8) is 0 Å². The van der Waals surface area contributed by atoms with E-state index in [1.165, 1.54) is 6.26 Å². The molecule has 7 heteroatoms. The van der Waals surface area contributed by atoms with Gasteiger partial charge in [0.25, 0.3) is 0 Å². The van der Waals surface area contributed by atoms with Crippen LogP contribution in [0.2, 0.25) is 0 Å². The molecule has 0 atom stereocenters. The first-order valence-corrected chi connectivity index (χ1v) is 10.5. The highest BCUT2D eigenvalue weighted by atomic mass is 16.5. The van der Waals surface area contributed by atoms with E-state index in [2.05, 4.69) is 0 Å². The second-order valence-corrected chi connectivity index (χ2v) is 7.70. The smallest absolute Gasteiger partial charge is 0.336 e. The summed E-state index contributed by atoms with van der Waals surface area (Å²) in [5.41, 5.74) is 0.600. The minimum Gasteiger partial charge on any atom is -0.490 e. The highest BCUT2D eigenvalue weighted by Crippen LogP contribution is 2.37. The molecule has 2 N–H and O–H groups in total. The molecule has 0 radical (unpaired) electrons. The molecule has 1 fully saturated rings. The maximum atomic E-state index is 11.8. The van der Waals surface area contributed by atoms with Gasteiger partial charge in [-0.2, -0.15) is 0 Å². The van der Waals surface area contributed by atoms with Gasteiger partial charge in [-0.3, -0.25) is 0 Å². The lowest BCUT2D eigenvalue weighted by Crippen LogP contribution is -2.36. The van der Waals surface area contributed by atoms with Crippen LogP contribution in [0.5, 0.6) is 5.75 Å². The molecule has 0 bridgehead atoms. The standard InChI is InChI=1S/C25H26O7/c1-29-25(8-12-30-13-9-25)7-3-11-31-18-5-6-19-17(14-18)15-20(24(27)28)21(16-26)23(19)22-4-2-10-32-22/h2-7,10,14-15,26H,8-9,11-13,16H2,1H3,(H,27,28). The molecule has 168 valence electrons. The van der Waals surface area contributed by atoms with E-state index in [0.717, 1.165) is 18.2 Å². The van der Waals surface area contributed by atoms with Crippen molar-refractivity contribution in [2.75, 3.05) is 26.9 Å². The van der Waals surface area contributed by atoms with Crippen LogP contribution >= 0.6 is 0 Å². The molecule has 1 saturated heterocycles. The number of methoxy groups -OCH3 is 1. The Kier molecular flexibility index (Phi) is 6.60. The van der Waals surface area contributed by atoms with E-state index in [0.29, 0.717) is 47.8 Å². The van der Waals surface area contributed by atoms with Crippen molar-refractivity contribution >= 4 is 16.7 Å². The van der Waals surface area contributed by atoms with Crippen LogP contribution in [0.3, 0.4) is 0 Å². The van der Waals surface area contributed by atoms with E-state index in [1.54, 1.807) is 31.4 Å². The summed E-state index contributed by atoms with van der Waals surface area (Å²) in [5.74, 6) is -0.00140. The number of carbonyl (C=O) groups is 1. The minimum absolute atomic E-state index is 0.0324. The molecule has 0 unspecified atom stereocenters. The number of aliphatic hydroxyl groups is 1. The molecule has 4 rings (SSSR count). The van der Waals surface area contributed by atoms with Crippen LogP contribution in [0.4, 0.5) is 0 Å². The van der Waals surface area contributed by atoms with Gasteiger partial charge < -0.3 is 28.8 Å². The second-order valence-electron chi connectivity index (χ2n) is 7.70. The fourth-order valence-corrected chi connectivity index (χ4v) is 4.14. The van der Waals surface area contributed by atoms with E-state index in [-0.39, 0.29) is 11.2 Å². The number of hydrogen-bond donors (Lipinski definition) is 2. The van der Waals surface area contributed by atoms with Crippen LogP contribution in [0.25, 0.3) is 22.1 Å². The Labute approximate surface area is 185 Å². The quantitative estimate of drug-likeness (QED) is 0.502. The van der Waals surface area contributed by atoms with Crippen molar-refractivity contribution in [2.24, 2.45) is 0 Å². The Balaban J connectivity index is 1.62. The minimum atomic E-state index is -1.11. The van der Waals surface area contributed by atoms with Gasteiger partial charge >= 0.3 is 5.97 Å². The Bertz CT molecular complexity index is 1110. The number of aliphatic hydroxyl groups excluding tert-OH is 1. The number of carboxylic acids is 1. The van der Waals surface area contributed by atoms with E-state index in [9.17, 15) is 15.0 Å². The Morgan fingerprint density at radius 3 is 2.69 bits per heavy atom. The van der Waals surface area contributed by atoms with Gasteiger partial charge in [0.2, 0.25) is 0 Å². The molecule has 1 aromatic heterocycles. The lowest BCUT2D eigenvalue weighted by Gasteiger charge is -2.33. The maximum absolute atomic E-state index is 11.8. The van der Waals surface area contributed by atoms with Gasteiger partial charge in [0, 0.05) is 44.3 Å². The lowest BCUT2D eigenvalue weighted by atomic mass is 9.92. The number of fused-ring (bicyclic) bond motifs is 1. The van der Waals surface area contributed by atoms with Gasteiger partial charge in [-0.05, 0) is 53.2 Å². The monoisotopic (exact) mass is 438 g/mol. The number of carboxylic acid groups (broad SMARTS) is 1. The fraction of sp³-hybridized carbons (Fsp3) is 0.320. The largest absolute Gasteiger partial charge is 0.490 e. The van der Waals surface area contributed by atoms with Crippen molar-refractivity contribution in [1.29, 1.82) is 0 Å². The SMILES string of the molecule is COC1(C=CCOc2ccc3c(-c4ccco4)c(CO)c(C(=O)O)cc3c2)CCOCC1. The van der Waals surface area contributed by atoms with Crippen LogP contribution < -0.4 is 4.74 Å². The van der Waals surface area contributed by atoms with Crippen LogP contribution in [-0.2, 0) is 16.1 Å². The van der Waals surface area contributed by atoms with Gasteiger partial charge in [0.15, 0.2) is 0 Å². The molecule has 2 heterocycles. The van der Waals surface area contributed by atoms with E-state index >= 15 is 0 Å². The predicted molar refractivity (Wildman–Crippen MR) is 119 cm³/mol. The lowest BCUT2D eigenvalue weighted by molar-refractivity contribution is -0.0588. The molecule has 0 spiro atoms. The first-order valence-electron chi connectivity index (χ1n) is 10.5. The Morgan fingerprint density at radius 1 is 1.22 bits per heavy atom. The molecular weight excluding hydrogens is 412 g/mol. The topological polar surface area (TPSA) is 98.4 Å². The van der Waals surface area contributed by atoms with Gasteiger partial charge in [-0.1, -0.05) is 6.08 Å². The normalized spacial score (nSPS) is 15.9. The summed E-state index contributed by atoms with van der Waals surface area (Å²) in [6.07, 6.45) is 7.09. The fourth-order valence-electron chi connectivity index (χ4n) is 4.14. The van der Waals surface area contributed by atoms with Crippen LogP contribution in [-0.4, -0.2) is 48.7 Å². The first kappa shape index (κ1) is 22.1. The van der Waals surface area contributed by atoms with Crippen molar-refractivity contribution in [1.82, 2.24) is 0 Å². The highest BCUT2D eigenvalue weighted by Gasteiger charge is 2.29. The third-order valence-corrected chi connectivity index (χ3v) is 5.89. The molecule has 0 aliphatic carbocycles. The van der Waals surface area contributed by atoms with Gasteiger partial charge in [0.1, 0.15) is 18.1 Å². The zero-order valence-corrected chi connectivity index (χ0v) is 17.9. The average Bonchev–Trinajstić information content (AvgIpc) is 3.35. The average molecular weight is 438 g/mol. The molecular formula is C25H26O7. The van der Waals surface area contributed by atoms with Gasteiger partial charge in [0.05, 0.1) is 24.0 Å². The summed E-state index contributed by atoms with van der Waals surface area (Å²) in [6.45, 7) is 1.28. The molecule has 2 aromatic carbocycles. The summed E-state index contributed by atoms with van der Waals surface area (Å²) in [6, 6.07) is 10.5.